The van der Waals surface area contributed by atoms with Crippen molar-refractivity contribution in [1.29, 1.82) is 0 Å². The van der Waals surface area contributed by atoms with E-state index in [4.69, 9.17) is 9.47 Å². The number of carbonyl (C=O) groups is 3. The number of amides is 3. The van der Waals surface area contributed by atoms with Gasteiger partial charge in [-0.05, 0) is 18.2 Å². The molecule has 2 saturated heterocycles. The molecule has 9 heteroatoms. The van der Waals surface area contributed by atoms with E-state index in [1.807, 2.05) is 4.90 Å². The molecule has 1 atom stereocenters. The highest BCUT2D eigenvalue weighted by molar-refractivity contribution is 5.90. The normalized spacial score (nSPS) is 20.4. The molecular weight excluding hydrogens is 333 g/mol. The Morgan fingerprint density at radius 3 is 2.60 bits per heavy atom. The van der Waals surface area contributed by atoms with E-state index in [9.17, 15) is 18.8 Å². The van der Waals surface area contributed by atoms with Crippen LogP contribution in [-0.2, 0) is 19.1 Å². The lowest BCUT2D eigenvalue weighted by Gasteiger charge is -2.29. The number of carbonyl (C=O) groups excluding carboxylic acids is 3. The van der Waals surface area contributed by atoms with Crippen molar-refractivity contribution in [3.05, 3.63) is 24.0 Å². The summed E-state index contributed by atoms with van der Waals surface area (Å²) < 4.78 is 24.9. The molecule has 2 fully saturated rings. The van der Waals surface area contributed by atoms with Gasteiger partial charge in [0.05, 0.1) is 37.7 Å². The highest BCUT2D eigenvalue weighted by Gasteiger charge is 2.34. The van der Waals surface area contributed by atoms with Crippen molar-refractivity contribution >= 4 is 30.3 Å². The zero-order valence-corrected chi connectivity index (χ0v) is 13.5. The summed E-state index contributed by atoms with van der Waals surface area (Å²) in [7, 11) is 0. The molecule has 0 radical (unpaired) electrons. The fraction of sp³-hybridized carbons (Fsp3) is 0.438. The standard InChI is InChI=1S/C16H18FN3O5/c17-14-7-12(1-2-15(14)19-3-5-24-6-4-19)20-9-13(25-16(20)23)8-18(10-21)11-22/h1-2,7,10-11,13H,3-6,8-9H2/t13-/m0/s1. The number of benzene rings is 1. The van der Waals surface area contributed by atoms with Crippen LogP contribution >= 0.6 is 0 Å². The highest BCUT2D eigenvalue weighted by Crippen LogP contribution is 2.28. The molecule has 1 aromatic carbocycles. The van der Waals surface area contributed by atoms with Gasteiger partial charge < -0.3 is 14.4 Å². The molecule has 25 heavy (non-hydrogen) atoms. The fourth-order valence-electron chi connectivity index (χ4n) is 2.90. The van der Waals surface area contributed by atoms with Crippen molar-refractivity contribution in [2.45, 2.75) is 6.10 Å². The Morgan fingerprint density at radius 2 is 1.96 bits per heavy atom. The fourth-order valence-corrected chi connectivity index (χ4v) is 2.90. The van der Waals surface area contributed by atoms with Gasteiger partial charge >= 0.3 is 6.09 Å². The lowest BCUT2D eigenvalue weighted by Crippen LogP contribution is -2.36. The van der Waals surface area contributed by atoms with Crippen molar-refractivity contribution in [3.63, 3.8) is 0 Å². The average Bonchev–Trinajstić information content (AvgIpc) is 3.00. The molecule has 3 amide bonds. The van der Waals surface area contributed by atoms with Gasteiger partial charge in [0, 0.05) is 13.1 Å². The van der Waals surface area contributed by atoms with E-state index in [0.29, 0.717) is 50.5 Å². The van der Waals surface area contributed by atoms with E-state index in [1.165, 1.54) is 11.0 Å². The van der Waals surface area contributed by atoms with E-state index in [-0.39, 0.29) is 13.1 Å². The Balaban J connectivity index is 1.71. The van der Waals surface area contributed by atoms with Crippen LogP contribution in [0.3, 0.4) is 0 Å². The van der Waals surface area contributed by atoms with Gasteiger partial charge in [-0.3, -0.25) is 19.4 Å². The molecule has 2 aliphatic rings. The maximum atomic E-state index is 14.5. The van der Waals surface area contributed by atoms with Crippen molar-refractivity contribution in [2.24, 2.45) is 0 Å². The lowest BCUT2D eigenvalue weighted by atomic mass is 10.2. The van der Waals surface area contributed by atoms with Crippen LogP contribution in [0.2, 0.25) is 0 Å². The third-order valence-corrected chi connectivity index (χ3v) is 4.15. The summed E-state index contributed by atoms with van der Waals surface area (Å²) in [6.07, 6.45) is -0.564. The van der Waals surface area contributed by atoms with Gasteiger partial charge in [-0.2, -0.15) is 0 Å². The smallest absolute Gasteiger partial charge is 0.414 e. The molecule has 0 aliphatic carbocycles. The Bertz CT molecular complexity index is 657. The zero-order valence-electron chi connectivity index (χ0n) is 13.5. The molecule has 1 aromatic rings. The molecule has 8 nitrogen and oxygen atoms in total. The van der Waals surface area contributed by atoms with Crippen LogP contribution in [0.4, 0.5) is 20.6 Å². The summed E-state index contributed by atoms with van der Waals surface area (Å²) in [5, 5.41) is 0. The number of hydrogen-bond acceptors (Lipinski definition) is 6. The first-order valence-electron chi connectivity index (χ1n) is 7.89. The van der Waals surface area contributed by atoms with Gasteiger partial charge in [0.15, 0.2) is 0 Å². The molecule has 0 N–H and O–H groups in total. The molecule has 2 aliphatic heterocycles. The Labute approximate surface area is 143 Å². The molecule has 0 unspecified atom stereocenters. The number of anilines is 2. The number of imide groups is 1. The Kier molecular flexibility index (Phi) is 5.13. The second-order valence-corrected chi connectivity index (χ2v) is 5.76. The largest absolute Gasteiger partial charge is 0.442 e. The van der Waals surface area contributed by atoms with E-state index in [2.05, 4.69) is 0 Å². The van der Waals surface area contributed by atoms with Crippen LogP contribution in [0, 0.1) is 5.82 Å². The van der Waals surface area contributed by atoms with Crippen molar-refractivity contribution < 1.29 is 28.2 Å². The van der Waals surface area contributed by atoms with Crippen molar-refractivity contribution in [1.82, 2.24) is 4.90 Å². The maximum Gasteiger partial charge on any atom is 0.414 e. The molecule has 0 spiro atoms. The summed E-state index contributed by atoms with van der Waals surface area (Å²) in [4.78, 5) is 37.4. The minimum Gasteiger partial charge on any atom is -0.442 e. The van der Waals surface area contributed by atoms with Crippen LogP contribution in [0.15, 0.2) is 18.2 Å². The number of rotatable bonds is 6. The summed E-state index contributed by atoms with van der Waals surface area (Å²) >= 11 is 0. The monoisotopic (exact) mass is 351 g/mol. The van der Waals surface area contributed by atoms with Gasteiger partial charge in [0.2, 0.25) is 12.8 Å². The van der Waals surface area contributed by atoms with E-state index < -0.39 is 18.0 Å². The molecule has 3 rings (SSSR count). The quantitative estimate of drug-likeness (QED) is 0.699. The first-order valence-corrected chi connectivity index (χ1v) is 7.89. The van der Waals surface area contributed by atoms with Crippen molar-refractivity contribution in [2.75, 3.05) is 49.2 Å². The summed E-state index contributed by atoms with van der Waals surface area (Å²) in [5.74, 6) is -0.432. The summed E-state index contributed by atoms with van der Waals surface area (Å²) in [5.41, 5.74) is 0.829. The van der Waals surface area contributed by atoms with Crippen LogP contribution in [-0.4, -0.2) is 69.3 Å². The maximum absolute atomic E-state index is 14.5. The lowest BCUT2D eigenvalue weighted by molar-refractivity contribution is -0.130. The van der Waals surface area contributed by atoms with E-state index in [0.717, 1.165) is 4.90 Å². The van der Waals surface area contributed by atoms with Crippen molar-refractivity contribution in [3.8, 4) is 0 Å². The molecule has 0 aromatic heterocycles. The first kappa shape index (κ1) is 17.2. The van der Waals surface area contributed by atoms with Gasteiger partial charge in [-0.25, -0.2) is 9.18 Å². The van der Waals surface area contributed by atoms with E-state index in [1.54, 1.807) is 12.1 Å². The molecule has 134 valence electrons. The van der Waals surface area contributed by atoms with Crippen LogP contribution < -0.4 is 9.80 Å². The zero-order chi connectivity index (χ0) is 17.8. The van der Waals surface area contributed by atoms with Crippen LogP contribution in [0.25, 0.3) is 0 Å². The average molecular weight is 351 g/mol. The van der Waals surface area contributed by atoms with Crippen LogP contribution in [0.1, 0.15) is 0 Å². The number of morpholine rings is 1. The van der Waals surface area contributed by atoms with Gasteiger partial charge in [0.25, 0.3) is 0 Å². The second kappa shape index (κ2) is 7.47. The topological polar surface area (TPSA) is 79.4 Å². The van der Waals surface area contributed by atoms with Gasteiger partial charge in [-0.1, -0.05) is 0 Å². The minimum absolute atomic E-state index is 0.0381. The highest BCUT2D eigenvalue weighted by atomic mass is 19.1. The molecule has 0 bridgehead atoms. The van der Waals surface area contributed by atoms with Gasteiger partial charge in [0.1, 0.15) is 11.9 Å². The number of cyclic esters (lactones) is 1. The third-order valence-electron chi connectivity index (χ3n) is 4.15. The summed E-state index contributed by atoms with van der Waals surface area (Å²) in [6.45, 7) is 2.40. The predicted molar refractivity (Wildman–Crippen MR) is 85.9 cm³/mol. The number of nitrogens with zero attached hydrogens (tertiary/aromatic N) is 3. The molecule has 2 heterocycles. The SMILES string of the molecule is O=CN(C=O)C[C@H]1CN(c2ccc(N3CCOCC3)c(F)c2)C(=O)O1. The molecule has 0 saturated carbocycles. The minimum atomic E-state index is -0.648. The van der Waals surface area contributed by atoms with Gasteiger partial charge in [-0.15, -0.1) is 0 Å². The Hall–Kier alpha value is -2.68. The number of ether oxygens (including phenoxy) is 2. The first-order chi connectivity index (χ1) is 12.1. The third kappa shape index (κ3) is 3.71. The number of halogens is 1. The Morgan fingerprint density at radius 1 is 1.24 bits per heavy atom. The number of hydrogen-bond donors (Lipinski definition) is 0. The predicted octanol–water partition coefficient (Wildman–Crippen LogP) is 0.602. The van der Waals surface area contributed by atoms with Crippen LogP contribution in [0.5, 0.6) is 0 Å². The second-order valence-electron chi connectivity index (χ2n) is 5.76. The summed E-state index contributed by atoms with van der Waals surface area (Å²) in [6, 6.07) is 4.56. The van der Waals surface area contributed by atoms with E-state index >= 15 is 0 Å². The molecular formula is C16H18FN3O5.